The third-order valence-corrected chi connectivity index (χ3v) is 3.03. The van der Waals surface area contributed by atoms with Crippen LogP contribution in [0.15, 0.2) is 18.2 Å². The van der Waals surface area contributed by atoms with Crippen molar-refractivity contribution in [3.05, 3.63) is 18.2 Å². The van der Waals surface area contributed by atoms with Gasteiger partial charge < -0.3 is 15.0 Å². The van der Waals surface area contributed by atoms with Gasteiger partial charge in [0.25, 0.3) is 5.91 Å². The van der Waals surface area contributed by atoms with E-state index in [1.54, 1.807) is 11.9 Å². The number of nitrogens with zero attached hydrogens (tertiary/aromatic N) is 1. The minimum atomic E-state index is -0.0231. The van der Waals surface area contributed by atoms with Gasteiger partial charge >= 0.3 is 0 Å². The Balaban J connectivity index is 2.14. The first-order valence-corrected chi connectivity index (χ1v) is 6.24. The van der Waals surface area contributed by atoms with Crippen molar-refractivity contribution in [1.29, 1.82) is 0 Å². The SMILES string of the molecule is CN1C(=O)COc2ccc(NCCCS)cc21. The number of ether oxygens (including phenoxy) is 1. The maximum atomic E-state index is 11.5. The van der Waals surface area contributed by atoms with Crippen LogP contribution in [0.25, 0.3) is 0 Å². The van der Waals surface area contributed by atoms with Gasteiger partial charge in [-0.1, -0.05) is 0 Å². The van der Waals surface area contributed by atoms with E-state index in [4.69, 9.17) is 4.74 Å². The van der Waals surface area contributed by atoms with Crippen LogP contribution in [0, 0.1) is 0 Å². The van der Waals surface area contributed by atoms with Crippen molar-refractivity contribution in [1.82, 2.24) is 0 Å². The Morgan fingerprint density at radius 2 is 2.35 bits per heavy atom. The Morgan fingerprint density at radius 1 is 1.53 bits per heavy atom. The molecular weight excluding hydrogens is 236 g/mol. The van der Waals surface area contributed by atoms with Crippen molar-refractivity contribution in [2.75, 3.05) is 36.2 Å². The lowest BCUT2D eigenvalue weighted by Crippen LogP contribution is -2.35. The van der Waals surface area contributed by atoms with Crippen molar-refractivity contribution in [3.8, 4) is 5.75 Å². The molecule has 1 amide bonds. The van der Waals surface area contributed by atoms with E-state index < -0.39 is 0 Å². The van der Waals surface area contributed by atoms with Crippen LogP contribution in [0.1, 0.15) is 6.42 Å². The van der Waals surface area contributed by atoms with Gasteiger partial charge in [0, 0.05) is 19.3 Å². The van der Waals surface area contributed by atoms with Crippen molar-refractivity contribution in [2.24, 2.45) is 0 Å². The average molecular weight is 252 g/mol. The molecule has 1 aliphatic heterocycles. The summed E-state index contributed by atoms with van der Waals surface area (Å²) in [5, 5.41) is 3.29. The fraction of sp³-hybridized carbons (Fsp3) is 0.417. The summed E-state index contributed by atoms with van der Waals surface area (Å²) in [4.78, 5) is 13.1. The highest BCUT2D eigenvalue weighted by Crippen LogP contribution is 2.33. The van der Waals surface area contributed by atoms with E-state index in [-0.39, 0.29) is 12.5 Å². The predicted molar refractivity (Wildman–Crippen MR) is 72.3 cm³/mol. The molecule has 1 aliphatic rings. The Bertz CT molecular complexity index is 423. The largest absolute Gasteiger partial charge is 0.482 e. The van der Waals surface area contributed by atoms with Gasteiger partial charge in [-0.2, -0.15) is 12.6 Å². The molecule has 0 unspecified atom stereocenters. The Labute approximate surface area is 106 Å². The first-order chi connectivity index (χ1) is 8.22. The molecular formula is C12H16N2O2S. The smallest absolute Gasteiger partial charge is 0.264 e. The molecule has 0 radical (unpaired) electrons. The zero-order chi connectivity index (χ0) is 12.3. The molecule has 0 aromatic heterocycles. The molecule has 0 fully saturated rings. The lowest BCUT2D eigenvalue weighted by molar-refractivity contribution is -0.120. The summed E-state index contributed by atoms with van der Waals surface area (Å²) in [6.45, 7) is 0.997. The van der Waals surface area contributed by atoms with E-state index in [1.807, 2.05) is 18.2 Å². The summed E-state index contributed by atoms with van der Waals surface area (Å²) < 4.78 is 5.36. The summed E-state index contributed by atoms with van der Waals surface area (Å²) in [5.74, 6) is 1.59. The molecule has 92 valence electrons. The Morgan fingerprint density at radius 3 is 3.12 bits per heavy atom. The fourth-order valence-corrected chi connectivity index (χ4v) is 1.85. The summed E-state index contributed by atoms with van der Waals surface area (Å²) in [6.07, 6.45) is 1.01. The van der Waals surface area contributed by atoms with Gasteiger partial charge in [0.05, 0.1) is 5.69 Å². The average Bonchev–Trinajstić information content (AvgIpc) is 2.35. The van der Waals surface area contributed by atoms with Gasteiger partial charge in [-0.05, 0) is 30.4 Å². The number of anilines is 2. The van der Waals surface area contributed by atoms with Crippen molar-refractivity contribution in [3.63, 3.8) is 0 Å². The molecule has 0 saturated heterocycles. The van der Waals surface area contributed by atoms with Crippen molar-refractivity contribution >= 4 is 29.9 Å². The van der Waals surface area contributed by atoms with Crippen molar-refractivity contribution in [2.45, 2.75) is 6.42 Å². The van der Waals surface area contributed by atoms with Gasteiger partial charge in [-0.15, -0.1) is 0 Å². The molecule has 0 atom stereocenters. The molecule has 2 rings (SSSR count). The maximum Gasteiger partial charge on any atom is 0.264 e. The first-order valence-electron chi connectivity index (χ1n) is 5.60. The van der Waals surface area contributed by atoms with Gasteiger partial charge in [-0.25, -0.2) is 0 Å². The molecule has 0 saturated carbocycles. The predicted octanol–water partition coefficient (Wildman–Crippen LogP) is 1.77. The van der Waals surface area contributed by atoms with Gasteiger partial charge in [0.1, 0.15) is 5.75 Å². The number of rotatable bonds is 4. The minimum Gasteiger partial charge on any atom is -0.482 e. The van der Waals surface area contributed by atoms with Crippen LogP contribution in [0.4, 0.5) is 11.4 Å². The Kier molecular flexibility index (Phi) is 3.78. The highest BCUT2D eigenvalue weighted by molar-refractivity contribution is 7.80. The normalized spacial score (nSPS) is 14.2. The van der Waals surface area contributed by atoms with Crippen LogP contribution < -0.4 is 15.0 Å². The van der Waals surface area contributed by atoms with Crippen LogP contribution >= 0.6 is 12.6 Å². The van der Waals surface area contributed by atoms with E-state index >= 15 is 0 Å². The Hall–Kier alpha value is -1.36. The molecule has 0 aliphatic carbocycles. The lowest BCUT2D eigenvalue weighted by Gasteiger charge is -2.26. The van der Waals surface area contributed by atoms with E-state index in [2.05, 4.69) is 17.9 Å². The van der Waals surface area contributed by atoms with Gasteiger partial charge in [0.2, 0.25) is 0 Å². The van der Waals surface area contributed by atoms with Crippen molar-refractivity contribution < 1.29 is 9.53 Å². The molecule has 5 heteroatoms. The van der Waals surface area contributed by atoms with Gasteiger partial charge in [-0.3, -0.25) is 4.79 Å². The van der Waals surface area contributed by atoms with Crippen LogP contribution in [0.3, 0.4) is 0 Å². The second kappa shape index (κ2) is 5.31. The number of benzene rings is 1. The lowest BCUT2D eigenvalue weighted by atomic mass is 10.2. The molecule has 0 spiro atoms. The number of nitrogens with one attached hydrogen (secondary N) is 1. The van der Waals surface area contributed by atoms with Crippen LogP contribution in [0.2, 0.25) is 0 Å². The summed E-state index contributed by atoms with van der Waals surface area (Å²) in [6, 6.07) is 5.78. The number of hydrogen-bond acceptors (Lipinski definition) is 4. The second-order valence-electron chi connectivity index (χ2n) is 3.93. The fourth-order valence-electron chi connectivity index (χ4n) is 1.69. The van der Waals surface area contributed by atoms with E-state index in [0.717, 1.165) is 35.8 Å². The number of hydrogen-bond donors (Lipinski definition) is 2. The molecule has 1 aromatic rings. The number of fused-ring (bicyclic) bond motifs is 1. The highest BCUT2D eigenvalue weighted by Gasteiger charge is 2.22. The van der Waals surface area contributed by atoms with E-state index in [9.17, 15) is 4.79 Å². The maximum absolute atomic E-state index is 11.5. The molecule has 1 N–H and O–H groups in total. The second-order valence-corrected chi connectivity index (χ2v) is 4.38. The van der Waals surface area contributed by atoms with Crippen LogP contribution in [-0.4, -0.2) is 31.9 Å². The number of thiol groups is 1. The minimum absolute atomic E-state index is 0.0231. The molecule has 1 aromatic carbocycles. The van der Waals surface area contributed by atoms with Crippen LogP contribution in [-0.2, 0) is 4.79 Å². The molecule has 17 heavy (non-hydrogen) atoms. The molecule has 1 heterocycles. The molecule has 0 bridgehead atoms. The number of carbonyl (C=O) groups is 1. The zero-order valence-corrected chi connectivity index (χ0v) is 10.7. The van der Waals surface area contributed by atoms with E-state index in [1.165, 1.54) is 0 Å². The standard InChI is InChI=1S/C12H16N2O2S/c1-14-10-7-9(13-5-2-6-17)3-4-11(10)16-8-12(14)15/h3-4,7,13,17H,2,5-6,8H2,1H3. The topological polar surface area (TPSA) is 41.6 Å². The summed E-state index contributed by atoms with van der Waals surface area (Å²) >= 11 is 4.16. The third kappa shape index (κ3) is 2.66. The summed E-state index contributed by atoms with van der Waals surface area (Å²) in [5.41, 5.74) is 1.81. The zero-order valence-electron chi connectivity index (χ0n) is 9.77. The first kappa shape index (κ1) is 12.1. The summed E-state index contributed by atoms with van der Waals surface area (Å²) in [7, 11) is 1.77. The third-order valence-electron chi connectivity index (χ3n) is 2.71. The highest BCUT2D eigenvalue weighted by atomic mass is 32.1. The molecule has 4 nitrogen and oxygen atoms in total. The van der Waals surface area contributed by atoms with Crippen LogP contribution in [0.5, 0.6) is 5.75 Å². The number of likely N-dealkylation sites (N-methyl/N-ethyl adjacent to an activating group) is 1. The number of carbonyl (C=O) groups excluding carboxylic acids is 1. The monoisotopic (exact) mass is 252 g/mol. The van der Waals surface area contributed by atoms with E-state index in [0.29, 0.717) is 0 Å². The van der Waals surface area contributed by atoms with Gasteiger partial charge in [0.15, 0.2) is 6.61 Å². The quantitative estimate of drug-likeness (QED) is 0.634. The number of amides is 1.